The maximum absolute atomic E-state index is 13.4. The molecule has 0 bridgehead atoms. The molecule has 0 spiro atoms. The van der Waals surface area contributed by atoms with E-state index in [4.69, 9.17) is 9.47 Å². The Hall–Kier alpha value is -4.04. The lowest BCUT2D eigenvalue weighted by atomic mass is 10.1. The van der Waals surface area contributed by atoms with Gasteiger partial charge in [-0.3, -0.25) is 9.59 Å². The predicted molar refractivity (Wildman–Crippen MR) is 135 cm³/mol. The normalized spacial score (nSPS) is 11.0. The van der Waals surface area contributed by atoms with Crippen LogP contribution in [0.1, 0.15) is 40.1 Å². The Labute approximate surface area is 201 Å². The van der Waals surface area contributed by atoms with Gasteiger partial charge in [0.25, 0.3) is 5.91 Å². The first kappa shape index (κ1) is 23.1. The van der Waals surface area contributed by atoms with Crippen LogP contribution in [-0.4, -0.2) is 36.6 Å². The zero-order chi connectivity index (χ0) is 24.1. The van der Waals surface area contributed by atoms with Crippen LogP contribution in [-0.2, 0) is 0 Å². The van der Waals surface area contributed by atoms with Crippen molar-refractivity contribution in [2.45, 2.75) is 13.8 Å². The van der Waals surface area contributed by atoms with Crippen LogP contribution in [0, 0.1) is 0 Å². The first-order chi connectivity index (χ1) is 16.5. The molecule has 3 aromatic carbocycles. The van der Waals surface area contributed by atoms with Gasteiger partial charge in [-0.2, -0.15) is 10.1 Å². The molecule has 0 aliphatic carbocycles. The van der Waals surface area contributed by atoms with Gasteiger partial charge in [0.1, 0.15) is 11.5 Å². The number of ketones is 1. The van der Waals surface area contributed by atoms with Crippen molar-refractivity contribution in [1.82, 2.24) is 4.98 Å². The number of methoxy groups -OCH3 is 1. The van der Waals surface area contributed by atoms with Gasteiger partial charge in [-0.25, -0.2) is 4.98 Å². The molecule has 34 heavy (non-hydrogen) atoms. The molecule has 1 aromatic heterocycles. The molecule has 4 rings (SSSR count). The maximum Gasteiger partial charge on any atom is 0.280 e. The van der Waals surface area contributed by atoms with Crippen molar-refractivity contribution >= 4 is 44.6 Å². The third-order valence-electron chi connectivity index (χ3n) is 5.01. The van der Waals surface area contributed by atoms with Crippen LogP contribution in [0.25, 0.3) is 10.2 Å². The maximum atomic E-state index is 13.4. The summed E-state index contributed by atoms with van der Waals surface area (Å²) in [6, 6.07) is 19.5. The van der Waals surface area contributed by atoms with E-state index in [-0.39, 0.29) is 11.7 Å². The second-order valence-corrected chi connectivity index (χ2v) is 8.34. The van der Waals surface area contributed by atoms with Crippen molar-refractivity contribution in [2.24, 2.45) is 5.10 Å². The second-order valence-electron chi connectivity index (χ2n) is 7.33. The molecular weight excluding hydrogens is 450 g/mol. The highest BCUT2D eigenvalue weighted by Crippen LogP contribution is 2.32. The molecule has 0 saturated carbocycles. The summed E-state index contributed by atoms with van der Waals surface area (Å²) in [5.41, 5.74) is 2.47. The number of carbonyl (C=O) groups is 2. The van der Waals surface area contributed by atoms with E-state index in [0.29, 0.717) is 28.6 Å². The molecule has 0 radical (unpaired) electrons. The minimum Gasteiger partial charge on any atom is -0.497 e. The van der Waals surface area contributed by atoms with Crippen molar-refractivity contribution in [3.8, 4) is 11.5 Å². The van der Waals surface area contributed by atoms with Crippen LogP contribution < -0.4 is 14.5 Å². The number of hydrazone groups is 1. The summed E-state index contributed by atoms with van der Waals surface area (Å²) in [4.78, 5) is 29.7. The summed E-state index contributed by atoms with van der Waals surface area (Å²) in [5.74, 6) is 1.05. The molecule has 1 heterocycles. The topological polar surface area (TPSA) is 81.1 Å². The van der Waals surface area contributed by atoms with E-state index in [1.807, 2.05) is 49.4 Å². The van der Waals surface area contributed by atoms with Crippen molar-refractivity contribution in [3.05, 3.63) is 83.4 Å². The minimum atomic E-state index is -0.358. The average molecular weight is 474 g/mol. The Kier molecular flexibility index (Phi) is 6.98. The Morgan fingerprint density at radius 2 is 1.68 bits per heavy atom. The molecular formula is C26H23N3O4S. The van der Waals surface area contributed by atoms with Crippen LogP contribution in [0.15, 0.2) is 71.8 Å². The number of thiazole rings is 1. The van der Waals surface area contributed by atoms with Gasteiger partial charge in [0, 0.05) is 11.1 Å². The van der Waals surface area contributed by atoms with Gasteiger partial charge in [-0.1, -0.05) is 23.5 Å². The smallest absolute Gasteiger partial charge is 0.280 e. The number of Topliss-reactive ketones (excluding diaryl/α,β-unsaturated/α-hetero) is 1. The predicted octanol–water partition coefficient (Wildman–Crippen LogP) is 5.59. The van der Waals surface area contributed by atoms with Crippen LogP contribution in [0.5, 0.6) is 11.5 Å². The fourth-order valence-electron chi connectivity index (χ4n) is 3.21. The molecule has 0 saturated heterocycles. The number of ether oxygens (including phenoxy) is 2. The summed E-state index contributed by atoms with van der Waals surface area (Å²) in [7, 11) is 1.60. The van der Waals surface area contributed by atoms with E-state index in [1.54, 1.807) is 37.6 Å². The summed E-state index contributed by atoms with van der Waals surface area (Å²) >= 11 is 1.34. The molecule has 172 valence electrons. The van der Waals surface area contributed by atoms with Gasteiger partial charge in [0.15, 0.2) is 5.78 Å². The Morgan fingerprint density at radius 1 is 1.00 bits per heavy atom. The standard InChI is InChI=1S/C26H23N3O4S/c1-4-33-21-11-5-18(6-12-21)16-27-29(25(31)20-9-7-19(8-10-20)17(2)30)26-28-23-14-13-22(32-3)15-24(23)34-26/h5-16H,4H2,1-3H3/b27-16+. The van der Waals surface area contributed by atoms with Crippen LogP contribution in [0.2, 0.25) is 0 Å². The van der Waals surface area contributed by atoms with E-state index >= 15 is 0 Å². The van der Waals surface area contributed by atoms with E-state index in [9.17, 15) is 9.59 Å². The minimum absolute atomic E-state index is 0.0653. The SMILES string of the molecule is CCOc1ccc(/C=N/N(C(=O)c2ccc(C(C)=O)cc2)c2nc3ccc(OC)cc3s2)cc1. The number of benzene rings is 3. The van der Waals surface area contributed by atoms with E-state index in [2.05, 4.69) is 10.1 Å². The molecule has 0 unspecified atom stereocenters. The number of hydrogen-bond donors (Lipinski definition) is 0. The molecule has 0 aliphatic rings. The average Bonchev–Trinajstić information content (AvgIpc) is 3.28. The highest BCUT2D eigenvalue weighted by molar-refractivity contribution is 7.22. The monoisotopic (exact) mass is 473 g/mol. The fourth-order valence-corrected chi connectivity index (χ4v) is 4.16. The zero-order valence-corrected chi connectivity index (χ0v) is 19.8. The third kappa shape index (κ3) is 5.13. The lowest BCUT2D eigenvalue weighted by molar-refractivity contribution is 0.0983. The fraction of sp³-hybridized carbons (Fsp3) is 0.154. The van der Waals surface area contributed by atoms with Gasteiger partial charge in [0.05, 0.1) is 30.1 Å². The molecule has 0 fully saturated rings. The highest BCUT2D eigenvalue weighted by atomic mass is 32.1. The molecule has 4 aromatic rings. The number of carbonyl (C=O) groups excluding carboxylic acids is 2. The largest absolute Gasteiger partial charge is 0.497 e. The van der Waals surface area contributed by atoms with Crippen LogP contribution in [0.3, 0.4) is 0 Å². The van der Waals surface area contributed by atoms with E-state index in [0.717, 1.165) is 21.5 Å². The van der Waals surface area contributed by atoms with E-state index < -0.39 is 0 Å². The summed E-state index contributed by atoms with van der Waals surface area (Å²) in [6.45, 7) is 4.00. The highest BCUT2D eigenvalue weighted by Gasteiger charge is 2.21. The summed E-state index contributed by atoms with van der Waals surface area (Å²) < 4.78 is 11.7. The first-order valence-corrected chi connectivity index (χ1v) is 11.5. The van der Waals surface area contributed by atoms with Crippen LogP contribution in [0.4, 0.5) is 5.13 Å². The van der Waals surface area contributed by atoms with Crippen molar-refractivity contribution in [3.63, 3.8) is 0 Å². The van der Waals surface area contributed by atoms with Crippen molar-refractivity contribution in [1.29, 1.82) is 0 Å². The number of aromatic nitrogens is 1. The Balaban J connectivity index is 1.70. The molecule has 7 nitrogen and oxygen atoms in total. The first-order valence-electron chi connectivity index (χ1n) is 10.7. The van der Waals surface area contributed by atoms with Gasteiger partial charge >= 0.3 is 0 Å². The third-order valence-corrected chi connectivity index (χ3v) is 6.00. The van der Waals surface area contributed by atoms with Crippen LogP contribution >= 0.6 is 11.3 Å². The number of hydrogen-bond acceptors (Lipinski definition) is 7. The summed E-state index contributed by atoms with van der Waals surface area (Å²) in [5, 5.41) is 6.18. The van der Waals surface area contributed by atoms with Crippen molar-refractivity contribution < 1.29 is 19.1 Å². The summed E-state index contributed by atoms with van der Waals surface area (Å²) in [6.07, 6.45) is 1.60. The molecule has 0 atom stereocenters. The Morgan fingerprint density at radius 3 is 2.32 bits per heavy atom. The van der Waals surface area contributed by atoms with Gasteiger partial charge in [0.2, 0.25) is 5.13 Å². The van der Waals surface area contributed by atoms with Gasteiger partial charge in [-0.05, 0) is 74.0 Å². The second kappa shape index (κ2) is 10.3. The number of rotatable bonds is 8. The lowest BCUT2D eigenvalue weighted by Gasteiger charge is -2.14. The van der Waals surface area contributed by atoms with Gasteiger partial charge < -0.3 is 9.47 Å². The molecule has 0 N–H and O–H groups in total. The van der Waals surface area contributed by atoms with Crippen molar-refractivity contribution in [2.75, 3.05) is 18.7 Å². The van der Waals surface area contributed by atoms with E-state index in [1.165, 1.54) is 23.3 Å². The Bertz CT molecular complexity index is 1340. The number of nitrogens with zero attached hydrogens (tertiary/aromatic N) is 3. The number of anilines is 1. The molecule has 0 aliphatic heterocycles. The molecule has 8 heteroatoms. The zero-order valence-electron chi connectivity index (χ0n) is 19.0. The number of fused-ring (bicyclic) bond motifs is 1. The number of amides is 1. The lowest BCUT2D eigenvalue weighted by Crippen LogP contribution is -2.25. The quantitative estimate of drug-likeness (QED) is 0.189. The molecule has 1 amide bonds. The van der Waals surface area contributed by atoms with Gasteiger partial charge in [-0.15, -0.1) is 0 Å².